The summed E-state index contributed by atoms with van der Waals surface area (Å²) in [6.07, 6.45) is 53.5. The molecule has 1 amide bonds. The van der Waals surface area contributed by atoms with Gasteiger partial charge >= 0.3 is 0 Å². The lowest BCUT2D eigenvalue weighted by Crippen LogP contribution is -2.60. The Balaban J connectivity index is 2.40. The van der Waals surface area contributed by atoms with Gasteiger partial charge in [-0.25, -0.2) is 0 Å². The summed E-state index contributed by atoms with van der Waals surface area (Å²) in [6.45, 7) is 3.57. The fourth-order valence-corrected chi connectivity index (χ4v) is 7.02. The molecule has 1 aliphatic heterocycles. The Kier molecular flexibility index (Phi) is 38.8. The van der Waals surface area contributed by atoms with Gasteiger partial charge in [-0.1, -0.05) is 195 Å². The maximum atomic E-state index is 12.9. The number of nitrogens with one attached hydrogen (secondary N) is 1. The normalized spacial score (nSPS) is 21.2. The van der Waals surface area contributed by atoms with Crippen LogP contribution >= 0.6 is 0 Å². The fourth-order valence-electron chi connectivity index (χ4n) is 7.02. The van der Waals surface area contributed by atoms with Crippen LogP contribution in [0.4, 0.5) is 0 Å². The van der Waals surface area contributed by atoms with Crippen molar-refractivity contribution in [3.8, 4) is 0 Å². The Hall–Kier alpha value is -2.89. The molecule has 1 aliphatic rings. The number of rotatable bonds is 39. The van der Waals surface area contributed by atoms with Gasteiger partial charge in [0.15, 0.2) is 6.29 Å². The monoisotopic (exact) mass is 868 g/mol. The molecule has 62 heavy (non-hydrogen) atoms. The Labute approximate surface area is 377 Å². The minimum Gasteiger partial charge on any atom is -0.394 e. The number of ether oxygens (including phenoxy) is 2. The number of aliphatic hydroxyl groups excluding tert-OH is 5. The molecule has 1 heterocycles. The van der Waals surface area contributed by atoms with Gasteiger partial charge in [-0.05, 0) is 70.6 Å². The molecular formula is C53H89NO8. The first kappa shape index (κ1) is 57.1. The van der Waals surface area contributed by atoms with Crippen molar-refractivity contribution in [3.63, 3.8) is 0 Å². The van der Waals surface area contributed by atoms with Gasteiger partial charge in [-0.3, -0.25) is 4.79 Å². The van der Waals surface area contributed by atoms with Crippen LogP contribution in [0.5, 0.6) is 0 Å². The molecule has 0 aliphatic carbocycles. The average molecular weight is 868 g/mol. The minimum atomic E-state index is -1.60. The average Bonchev–Trinajstić information content (AvgIpc) is 3.27. The predicted octanol–water partition coefficient (Wildman–Crippen LogP) is 10.9. The molecule has 0 aromatic rings. The summed E-state index contributed by atoms with van der Waals surface area (Å²) in [5.41, 5.74) is 0. The molecule has 7 unspecified atom stereocenters. The summed E-state index contributed by atoms with van der Waals surface area (Å²) in [7, 11) is 0. The van der Waals surface area contributed by atoms with E-state index in [0.717, 1.165) is 51.4 Å². The maximum absolute atomic E-state index is 12.9. The molecule has 1 rings (SSSR count). The van der Waals surface area contributed by atoms with Gasteiger partial charge in [0.25, 0.3) is 0 Å². The van der Waals surface area contributed by atoms with Gasteiger partial charge in [0, 0.05) is 6.42 Å². The van der Waals surface area contributed by atoms with E-state index in [2.05, 4.69) is 86.0 Å². The second-order valence-electron chi connectivity index (χ2n) is 16.5. The van der Waals surface area contributed by atoms with E-state index in [4.69, 9.17) is 9.47 Å². The van der Waals surface area contributed by atoms with Crippen LogP contribution in [0.2, 0.25) is 0 Å². The van der Waals surface area contributed by atoms with Crippen molar-refractivity contribution in [2.75, 3.05) is 13.2 Å². The molecule has 9 nitrogen and oxygen atoms in total. The topological polar surface area (TPSA) is 149 Å². The molecule has 1 saturated heterocycles. The third-order valence-corrected chi connectivity index (χ3v) is 10.9. The zero-order valence-electron chi connectivity index (χ0n) is 38.8. The standard InChI is InChI=1S/C53H89NO8/c1-3-5-7-9-11-13-15-17-19-20-21-22-23-24-25-26-27-29-30-32-34-36-38-40-42-47(56)46(45-61-53-52(60)51(59)50(58)48(44-55)62-53)54-49(57)43-41-39-37-35-33-31-28-18-16-14-12-10-8-6-4-2/h6,8,12,14,18,26-28,32-35,39-42,46-48,50-53,55-56,58-60H,3-5,7,9-11,13,15-17,19-25,29-31,36-38,43-45H2,1-2H3,(H,54,57)/b8-6-,14-12-,27-26+,28-18-,34-32+,35-33-,41-39-,42-40+. The van der Waals surface area contributed by atoms with E-state index < -0.39 is 49.5 Å². The maximum Gasteiger partial charge on any atom is 0.224 e. The zero-order valence-corrected chi connectivity index (χ0v) is 38.8. The van der Waals surface area contributed by atoms with Crippen LogP contribution < -0.4 is 5.32 Å². The van der Waals surface area contributed by atoms with Gasteiger partial charge < -0.3 is 40.3 Å². The Morgan fingerprint density at radius 1 is 0.565 bits per heavy atom. The van der Waals surface area contributed by atoms with E-state index in [9.17, 15) is 30.3 Å². The molecule has 9 heteroatoms. The van der Waals surface area contributed by atoms with Gasteiger partial charge in [0.2, 0.25) is 5.91 Å². The van der Waals surface area contributed by atoms with E-state index in [1.165, 1.54) is 89.9 Å². The molecule has 0 spiro atoms. The van der Waals surface area contributed by atoms with Crippen LogP contribution in [-0.2, 0) is 14.3 Å². The van der Waals surface area contributed by atoms with Crippen LogP contribution in [0, 0.1) is 0 Å². The van der Waals surface area contributed by atoms with Gasteiger partial charge in [0.1, 0.15) is 24.4 Å². The summed E-state index contributed by atoms with van der Waals surface area (Å²) < 4.78 is 11.2. The van der Waals surface area contributed by atoms with Gasteiger partial charge in [0.05, 0.1) is 25.4 Å². The third-order valence-electron chi connectivity index (χ3n) is 10.9. The summed E-state index contributed by atoms with van der Waals surface area (Å²) in [4.78, 5) is 12.9. The van der Waals surface area contributed by atoms with Gasteiger partial charge in [-0.15, -0.1) is 0 Å². The summed E-state index contributed by atoms with van der Waals surface area (Å²) in [5, 5.41) is 54.1. The van der Waals surface area contributed by atoms with Crippen molar-refractivity contribution < 1.29 is 39.8 Å². The van der Waals surface area contributed by atoms with Crippen LogP contribution in [0.15, 0.2) is 97.2 Å². The van der Waals surface area contributed by atoms with E-state index in [-0.39, 0.29) is 18.9 Å². The van der Waals surface area contributed by atoms with Crippen molar-refractivity contribution in [2.45, 2.75) is 217 Å². The van der Waals surface area contributed by atoms with E-state index in [0.29, 0.717) is 12.8 Å². The lowest BCUT2D eigenvalue weighted by Gasteiger charge is -2.40. The Morgan fingerprint density at radius 2 is 1.02 bits per heavy atom. The second kappa shape index (κ2) is 42.1. The van der Waals surface area contributed by atoms with Crippen molar-refractivity contribution in [2.24, 2.45) is 0 Å². The van der Waals surface area contributed by atoms with Crippen molar-refractivity contribution in [1.29, 1.82) is 0 Å². The molecule has 0 aromatic heterocycles. The number of hydrogen-bond acceptors (Lipinski definition) is 8. The highest BCUT2D eigenvalue weighted by molar-refractivity contribution is 5.77. The first-order chi connectivity index (χ1) is 30.3. The number of allylic oxidation sites excluding steroid dienone is 14. The first-order valence-electron chi connectivity index (χ1n) is 24.5. The quantitative estimate of drug-likeness (QED) is 0.0264. The molecule has 354 valence electrons. The number of aliphatic hydroxyl groups is 5. The molecule has 0 radical (unpaired) electrons. The van der Waals surface area contributed by atoms with Gasteiger partial charge in [-0.2, -0.15) is 0 Å². The Morgan fingerprint density at radius 3 is 1.52 bits per heavy atom. The second-order valence-corrected chi connectivity index (χ2v) is 16.5. The largest absolute Gasteiger partial charge is 0.394 e. The molecule has 1 fully saturated rings. The van der Waals surface area contributed by atoms with Crippen LogP contribution in [0.1, 0.15) is 174 Å². The summed E-state index contributed by atoms with van der Waals surface area (Å²) in [6, 6.07) is -0.888. The highest BCUT2D eigenvalue weighted by atomic mass is 16.7. The molecule has 0 saturated carbocycles. The highest BCUT2D eigenvalue weighted by Crippen LogP contribution is 2.22. The molecule has 0 bridgehead atoms. The lowest BCUT2D eigenvalue weighted by molar-refractivity contribution is -0.302. The Bertz CT molecular complexity index is 1280. The molecular weight excluding hydrogens is 779 g/mol. The first-order valence-corrected chi connectivity index (χ1v) is 24.5. The number of amides is 1. The number of hydrogen-bond donors (Lipinski definition) is 6. The fraction of sp³-hybridized carbons (Fsp3) is 0.679. The van der Waals surface area contributed by atoms with Crippen LogP contribution in [0.25, 0.3) is 0 Å². The molecule has 7 atom stereocenters. The van der Waals surface area contributed by atoms with Crippen LogP contribution in [0.3, 0.4) is 0 Å². The SMILES string of the molecule is CC/C=C\C/C=C\C/C=C\C/C=C\C/C=C\CC(=O)NC(COC1OC(CO)C(O)C(O)C1O)C(O)/C=C/CC/C=C/CC/C=C/CCCCCCCCCCCCCCCC. The smallest absolute Gasteiger partial charge is 0.224 e. The summed E-state index contributed by atoms with van der Waals surface area (Å²) in [5.74, 6) is -0.321. The summed E-state index contributed by atoms with van der Waals surface area (Å²) >= 11 is 0. The number of carbonyl (C=O) groups excluding carboxylic acids is 1. The van der Waals surface area contributed by atoms with Crippen molar-refractivity contribution in [3.05, 3.63) is 97.2 Å². The van der Waals surface area contributed by atoms with Crippen LogP contribution in [-0.4, -0.2) is 87.5 Å². The zero-order chi connectivity index (χ0) is 45.1. The lowest BCUT2D eigenvalue weighted by atomic mass is 9.99. The number of carbonyl (C=O) groups is 1. The molecule has 0 aromatic carbocycles. The highest BCUT2D eigenvalue weighted by Gasteiger charge is 2.44. The predicted molar refractivity (Wildman–Crippen MR) is 258 cm³/mol. The third kappa shape index (κ3) is 31.9. The van der Waals surface area contributed by atoms with E-state index in [1.807, 2.05) is 18.2 Å². The van der Waals surface area contributed by atoms with Crippen molar-refractivity contribution in [1.82, 2.24) is 5.32 Å². The van der Waals surface area contributed by atoms with E-state index in [1.54, 1.807) is 12.2 Å². The van der Waals surface area contributed by atoms with E-state index >= 15 is 0 Å². The number of unbranched alkanes of at least 4 members (excludes halogenated alkanes) is 16. The van der Waals surface area contributed by atoms with Crippen molar-refractivity contribution >= 4 is 5.91 Å². The molecule has 6 N–H and O–H groups in total. The minimum absolute atomic E-state index is 0.0972.